The lowest BCUT2D eigenvalue weighted by Gasteiger charge is -2.36. The van der Waals surface area contributed by atoms with Crippen molar-refractivity contribution in [3.8, 4) is 0 Å². The molecule has 2 aromatic heterocycles. The molecule has 0 aromatic carbocycles. The third-order valence-corrected chi connectivity index (χ3v) is 6.04. The molecule has 31 heavy (non-hydrogen) atoms. The Kier molecular flexibility index (Phi) is 5.92. The van der Waals surface area contributed by atoms with E-state index in [1.54, 1.807) is 17.4 Å². The van der Waals surface area contributed by atoms with Crippen LogP contribution < -0.4 is 5.32 Å². The molecular formula is C23H32N4O4. The molecule has 0 bridgehead atoms. The Morgan fingerprint density at radius 2 is 2.10 bits per heavy atom. The monoisotopic (exact) mass is 428 g/mol. The molecule has 8 nitrogen and oxygen atoms in total. The summed E-state index contributed by atoms with van der Waals surface area (Å²) in [5.74, 6) is 0.200. The van der Waals surface area contributed by atoms with Gasteiger partial charge in [0, 0.05) is 36.3 Å². The number of imidazole rings is 1. The number of alkyl carbamates (subject to hydrolysis) is 1. The number of nitrogens with one attached hydrogen (secondary N) is 1. The average molecular weight is 429 g/mol. The maximum atomic E-state index is 12.7. The third-order valence-electron chi connectivity index (χ3n) is 6.04. The molecule has 2 fully saturated rings. The number of piperidine rings is 1. The van der Waals surface area contributed by atoms with Crippen LogP contribution in [0, 0.1) is 5.92 Å². The van der Waals surface area contributed by atoms with Gasteiger partial charge in [-0.05, 0) is 64.0 Å². The van der Waals surface area contributed by atoms with Crippen LogP contribution in [-0.4, -0.2) is 56.6 Å². The number of hydrogen-bond donors (Lipinski definition) is 2. The molecule has 2 N–H and O–H groups in total. The van der Waals surface area contributed by atoms with Crippen molar-refractivity contribution in [2.45, 2.75) is 64.0 Å². The summed E-state index contributed by atoms with van der Waals surface area (Å²) >= 11 is 0. The summed E-state index contributed by atoms with van der Waals surface area (Å²) in [7, 11) is 0. The lowest BCUT2D eigenvalue weighted by atomic mass is 9.85. The molecule has 4 rings (SSSR count). The number of likely N-dealkylation sites (tertiary alicyclic amines) is 1. The molecule has 1 aliphatic heterocycles. The predicted molar refractivity (Wildman–Crippen MR) is 116 cm³/mol. The Hall–Kier alpha value is -2.61. The first kappa shape index (κ1) is 21.6. The number of pyridine rings is 1. The number of aliphatic hydroxyl groups excluding tert-OH is 1. The van der Waals surface area contributed by atoms with Crippen molar-refractivity contribution >= 4 is 17.5 Å². The van der Waals surface area contributed by atoms with E-state index in [0.29, 0.717) is 19.0 Å². The van der Waals surface area contributed by atoms with Crippen molar-refractivity contribution in [3.63, 3.8) is 0 Å². The van der Waals surface area contributed by atoms with Gasteiger partial charge in [-0.3, -0.25) is 4.79 Å². The zero-order chi connectivity index (χ0) is 22.2. The van der Waals surface area contributed by atoms with Gasteiger partial charge in [0.1, 0.15) is 0 Å². The number of ether oxygens (including phenoxy) is 1. The van der Waals surface area contributed by atoms with Crippen LogP contribution >= 0.6 is 0 Å². The smallest absolute Gasteiger partial charge is 0.408 e. The van der Waals surface area contributed by atoms with Gasteiger partial charge in [0.05, 0.1) is 24.1 Å². The summed E-state index contributed by atoms with van der Waals surface area (Å²) in [6.45, 7) is 6.32. The number of rotatable bonds is 5. The number of nitrogens with zero attached hydrogens (tertiary/aromatic N) is 3. The van der Waals surface area contributed by atoms with Gasteiger partial charge in [-0.1, -0.05) is 0 Å². The molecule has 0 radical (unpaired) electrons. The molecule has 2 atom stereocenters. The van der Waals surface area contributed by atoms with Crippen LogP contribution in [0.2, 0.25) is 0 Å². The standard InChI is InChI=1S/C23H32N4O4/c1-23(2,3)25-22(30)31-13-19(28)26-9-4-5-16(12-26)21(29)20-17(15-6-7-15)8-10-27-14-24-11-18(20)27/h8,10-11,14-16,21,29H,4-7,9,12-13H2,1-3H3,(H,25,30). The van der Waals surface area contributed by atoms with Crippen LogP contribution in [0.5, 0.6) is 0 Å². The minimum atomic E-state index is -0.670. The van der Waals surface area contributed by atoms with Crippen molar-refractivity contribution in [2.24, 2.45) is 5.92 Å². The van der Waals surface area contributed by atoms with Crippen molar-refractivity contribution in [1.29, 1.82) is 0 Å². The number of fused-ring (bicyclic) bond motifs is 1. The van der Waals surface area contributed by atoms with E-state index in [1.165, 1.54) is 5.56 Å². The van der Waals surface area contributed by atoms with E-state index in [9.17, 15) is 14.7 Å². The highest BCUT2D eigenvalue weighted by Gasteiger charge is 2.35. The van der Waals surface area contributed by atoms with Gasteiger partial charge in [0.2, 0.25) is 0 Å². The molecule has 2 amide bonds. The van der Waals surface area contributed by atoms with Crippen LogP contribution in [0.4, 0.5) is 4.79 Å². The molecule has 2 aromatic rings. The quantitative estimate of drug-likeness (QED) is 0.763. The normalized spacial score (nSPS) is 20.5. The zero-order valence-electron chi connectivity index (χ0n) is 18.5. The largest absolute Gasteiger partial charge is 0.439 e. The number of hydrogen-bond acceptors (Lipinski definition) is 5. The fourth-order valence-corrected chi connectivity index (χ4v) is 4.39. The maximum Gasteiger partial charge on any atom is 0.408 e. The second kappa shape index (κ2) is 8.49. The van der Waals surface area contributed by atoms with E-state index in [0.717, 1.165) is 36.8 Å². The van der Waals surface area contributed by atoms with E-state index < -0.39 is 17.7 Å². The van der Waals surface area contributed by atoms with Gasteiger partial charge >= 0.3 is 6.09 Å². The van der Waals surface area contributed by atoms with Gasteiger partial charge in [-0.2, -0.15) is 0 Å². The maximum absolute atomic E-state index is 12.7. The first-order chi connectivity index (χ1) is 14.7. The highest BCUT2D eigenvalue weighted by atomic mass is 16.6. The molecule has 1 saturated carbocycles. The molecule has 3 heterocycles. The molecule has 2 aliphatic rings. The lowest BCUT2D eigenvalue weighted by Crippen LogP contribution is -2.45. The molecule has 2 unspecified atom stereocenters. The van der Waals surface area contributed by atoms with Crippen molar-refractivity contribution in [3.05, 3.63) is 35.9 Å². The van der Waals surface area contributed by atoms with Crippen LogP contribution in [0.25, 0.3) is 5.52 Å². The van der Waals surface area contributed by atoms with Crippen LogP contribution in [-0.2, 0) is 9.53 Å². The Labute approximate surface area is 182 Å². The van der Waals surface area contributed by atoms with Crippen LogP contribution in [0.3, 0.4) is 0 Å². The first-order valence-electron chi connectivity index (χ1n) is 11.1. The number of aliphatic hydroxyl groups is 1. The third kappa shape index (κ3) is 5.01. The number of aromatic nitrogens is 2. The summed E-state index contributed by atoms with van der Waals surface area (Å²) in [4.78, 5) is 30.5. The van der Waals surface area contributed by atoms with Gasteiger partial charge in [0.25, 0.3) is 5.91 Å². The zero-order valence-corrected chi connectivity index (χ0v) is 18.5. The predicted octanol–water partition coefficient (Wildman–Crippen LogP) is 3.01. The molecule has 168 valence electrons. The van der Waals surface area contributed by atoms with E-state index in [-0.39, 0.29) is 18.4 Å². The minimum absolute atomic E-state index is 0.0697. The summed E-state index contributed by atoms with van der Waals surface area (Å²) < 4.78 is 7.05. The van der Waals surface area contributed by atoms with Crippen LogP contribution in [0.15, 0.2) is 24.8 Å². The fraction of sp³-hybridized carbons (Fsp3) is 0.609. The molecule has 0 spiro atoms. The van der Waals surface area contributed by atoms with E-state index in [1.807, 2.05) is 31.4 Å². The summed E-state index contributed by atoms with van der Waals surface area (Å²) in [6, 6.07) is 2.10. The Bertz CT molecular complexity index is 960. The second-order valence-electron chi connectivity index (χ2n) is 9.78. The van der Waals surface area contributed by atoms with Crippen molar-refractivity contribution in [1.82, 2.24) is 19.6 Å². The summed E-state index contributed by atoms with van der Waals surface area (Å²) in [5, 5.41) is 14.1. The van der Waals surface area contributed by atoms with E-state index >= 15 is 0 Å². The van der Waals surface area contributed by atoms with Gasteiger partial charge < -0.3 is 24.5 Å². The van der Waals surface area contributed by atoms with Crippen molar-refractivity contribution in [2.75, 3.05) is 19.7 Å². The Morgan fingerprint density at radius 1 is 1.32 bits per heavy atom. The second-order valence-corrected chi connectivity index (χ2v) is 9.78. The summed E-state index contributed by atoms with van der Waals surface area (Å²) in [5.41, 5.74) is 2.66. The van der Waals surface area contributed by atoms with Gasteiger partial charge in [-0.25, -0.2) is 9.78 Å². The number of amides is 2. The van der Waals surface area contributed by atoms with Gasteiger partial charge in [-0.15, -0.1) is 0 Å². The van der Waals surface area contributed by atoms with Crippen molar-refractivity contribution < 1.29 is 19.4 Å². The van der Waals surface area contributed by atoms with E-state index in [4.69, 9.17) is 4.74 Å². The number of carbonyl (C=O) groups is 2. The lowest BCUT2D eigenvalue weighted by molar-refractivity contribution is -0.137. The van der Waals surface area contributed by atoms with Gasteiger partial charge in [0.15, 0.2) is 6.61 Å². The van der Waals surface area contributed by atoms with Crippen LogP contribution in [0.1, 0.15) is 69.6 Å². The minimum Gasteiger partial charge on any atom is -0.439 e. The molecule has 8 heteroatoms. The molecule has 1 saturated heterocycles. The average Bonchev–Trinajstić information content (AvgIpc) is 3.46. The Balaban J connectivity index is 1.44. The Morgan fingerprint density at radius 3 is 2.81 bits per heavy atom. The highest BCUT2D eigenvalue weighted by molar-refractivity contribution is 5.80. The summed E-state index contributed by atoms with van der Waals surface area (Å²) in [6.07, 6.45) is 8.23. The van der Waals surface area contributed by atoms with E-state index in [2.05, 4.69) is 16.4 Å². The highest BCUT2D eigenvalue weighted by Crippen LogP contribution is 2.45. The SMILES string of the molecule is CC(C)(C)NC(=O)OCC(=O)N1CCCC(C(O)c2c(C3CC3)ccn3cncc23)C1. The topological polar surface area (TPSA) is 96.2 Å². The fourth-order valence-electron chi connectivity index (χ4n) is 4.39. The number of carbonyl (C=O) groups excluding carboxylic acids is 2. The first-order valence-corrected chi connectivity index (χ1v) is 11.1. The molecule has 1 aliphatic carbocycles. The molecular weight excluding hydrogens is 396 g/mol.